The van der Waals surface area contributed by atoms with Gasteiger partial charge in [-0.15, -0.1) is 0 Å². The van der Waals surface area contributed by atoms with E-state index in [1.165, 1.54) is 12.4 Å². The van der Waals surface area contributed by atoms with E-state index in [-0.39, 0.29) is 5.41 Å². The molecule has 5 rings (SSSR count). The highest BCUT2D eigenvalue weighted by Gasteiger charge is 2.49. The molecule has 2 fully saturated rings. The summed E-state index contributed by atoms with van der Waals surface area (Å²) < 4.78 is 66.6. The van der Waals surface area contributed by atoms with Gasteiger partial charge in [0, 0.05) is 43.5 Å². The second-order valence-electron chi connectivity index (χ2n) is 9.13. The van der Waals surface area contributed by atoms with Crippen LogP contribution in [0.4, 0.5) is 33.5 Å². The highest BCUT2D eigenvalue weighted by atomic mass is 19.4. The lowest BCUT2D eigenvalue weighted by Crippen LogP contribution is -2.58. The number of rotatable bonds is 6. The number of pyridine rings is 1. The number of aryl methyl sites for hydroxylation is 1. The summed E-state index contributed by atoms with van der Waals surface area (Å²) in [7, 11) is 0. The lowest BCUT2D eigenvalue weighted by molar-refractivity contribution is -0.141. The third-order valence-electron chi connectivity index (χ3n) is 6.57. The van der Waals surface area contributed by atoms with E-state index in [4.69, 9.17) is 0 Å². The first kappa shape index (κ1) is 22.7. The van der Waals surface area contributed by atoms with Gasteiger partial charge in [-0.3, -0.25) is 4.98 Å². The molecule has 34 heavy (non-hydrogen) atoms. The SMILES string of the molecule is CCCc1cnc(C(F)(F)F)cc1N1CC2(CCN(c3cnc4cnn(CC(F)F)c4n3)C2)C1. The van der Waals surface area contributed by atoms with Crippen LogP contribution in [0.15, 0.2) is 24.7 Å². The molecule has 0 N–H and O–H groups in total. The van der Waals surface area contributed by atoms with Crippen molar-refractivity contribution in [3.05, 3.63) is 35.9 Å². The zero-order valence-electron chi connectivity index (χ0n) is 18.6. The van der Waals surface area contributed by atoms with Gasteiger partial charge >= 0.3 is 6.18 Å². The van der Waals surface area contributed by atoms with Crippen molar-refractivity contribution < 1.29 is 22.0 Å². The van der Waals surface area contributed by atoms with Crippen molar-refractivity contribution in [3.63, 3.8) is 0 Å². The average Bonchev–Trinajstić information content (AvgIpc) is 3.37. The fourth-order valence-electron chi connectivity index (χ4n) is 4.96. The zero-order chi connectivity index (χ0) is 24.1. The van der Waals surface area contributed by atoms with Crippen LogP contribution in [-0.2, 0) is 19.1 Å². The van der Waals surface area contributed by atoms with Crippen LogP contribution in [0, 0.1) is 5.41 Å². The van der Waals surface area contributed by atoms with E-state index < -0.39 is 24.8 Å². The van der Waals surface area contributed by atoms with E-state index in [1.54, 1.807) is 6.20 Å². The monoisotopic (exact) mass is 481 g/mol. The first-order valence-electron chi connectivity index (χ1n) is 11.2. The first-order chi connectivity index (χ1) is 16.2. The van der Waals surface area contributed by atoms with Gasteiger partial charge in [-0.1, -0.05) is 13.3 Å². The molecule has 1 spiro atoms. The molecule has 2 aliphatic heterocycles. The van der Waals surface area contributed by atoms with Crippen LogP contribution >= 0.6 is 0 Å². The molecule has 3 aromatic heterocycles. The lowest BCUT2D eigenvalue weighted by atomic mass is 9.78. The molecule has 2 aliphatic rings. The Kier molecular flexibility index (Phi) is 5.56. The molecule has 0 saturated carbocycles. The van der Waals surface area contributed by atoms with Crippen molar-refractivity contribution in [3.8, 4) is 0 Å². The molecule has 0 aromatic carbocycles. The Balaban J connectivity index is 1.32. The summed E-state index contributed by atoms with van der Waals surface area (Å²) in [6, 6.07) is 1.16. The molecule has 5 heterocycles. The molecular formula is C22H24F5N7. The van der Waals surface area contributed by atoms with E-state index in [0.717, 1.165) is 29.2 Å². The Morgan fingerprint density at radius 2 is 1.82 bits per heavy atom. The number of aromatic nitrogens is 5. The number of anilines is 2. The second-order valence-corrected chi connectivity index (χ2v) is 9.13. The summed E-state index contributed by atoms with van der Waals surface area (Å²) in [6.07, 6.45) is -0.311. The van der Waals surface area contributed by atoms with Crippen LogP contribution in [0.3, 0.4) is 0 Å². The number of halogens is 5. The Morgan fingerprint density at radius 1 is 1.06 bits per heavy atom. The maximum atomic E-state index is 13.2. The fourth-order valence-corrected chi connectivity index (χ4v) is 4.96. The van der Waals surface area contributed by atoms with Crippen molar-refractivity contribution >= 4 is 22.7 Å². The molecule has 12 heteroatoms. The third kappa shape index (κ3) is 4.14. The first-order valence-corrected chi connectivity index (χ1v) is 11.2. The summed E-state index contributed by atoms with van der Waals surface area (Å²) in [5, 5.41) is 3.95. The lowest BCUT2D eigenvalue weighted by Gasteiger charge is -2.50. The highest BCUT2D eigenvalue weighted by Crippen LogP contribution is 2.44. The topological polar surface area (TPSA) is 63.0 Å². The average molecular weight is 481 g/mol. The smallest absolute Gasteiger partial charge is 0.370 e. The van der Waals surface area contributed by atoms with Gasteiger partial charge in [-0.25, -0.2) is 23.4 Å². The van der Waals surface area contributed by atoms with Crippen LogP contribution in [0.2, 0.25) is 0 Å². The molecule has 0 aliphatic carbocycles. The molecule has 0 atom stereocenters. The molecule has 7 nitrogen and oxygen atoms in total. The van der Waals surface area contributed by atoms with Crippen molar-refractivity contribution in [2.24, 2.45) is 5.41 Å². The Labute approximate surface area is 192 Å². The standard InChI is InChI=1S/C22H24F5N7/c1-2-3-14-7-29-17(22(25,26)27)6-16(14)33-12-21(13-33)4-5-32(11-21)19-9-28-15-8-30-34(10-18(23)24)20(15)31-19/h6-9,18H,2-5,10-13H2,1H3. The van der Waals surface area contributed by atoms with E-state index in [0.29, 0.717) is 55.3 Å². The molecule has 3 aromatic rings. The van der Waals surface area contributed by atoms with Crippen molar-refractivity contribution in [2.45, 2.75) is 45.3 Å². The minimum absolute atomic E-state index is 0.0645. The Bertz CT molecular complexity index is 1190. The van der Waals surface area contributed by atoms with E-state index in [2.05, 4.69) is 25.0 Å². The van der Waals surface area contributed by atoms with Crippen molar-refractivity contribution in [1.82, 2.24) is 24.7 Å². The molecule has 0 unspecified atom stereocenters. The van der Waals surface area contributed by atoms with Gasteiger partial charge in [0.15, 0.2) is 5.65 Å². The molecule has 182 valence electrons. The Morgan fingerprint density at radius 3 is 2.53 bits per heavy atom. The number of nitrogens with zero attached hydrogens (tertiary/aromatic N) is 7. The molecular weight excluding hydrogens is 457 g/mol. The summed E-state index contributed by atoms with van der Waals surface area (Å²) >= 11 is 0. The van der Waals surface area contributed by atoms with Gasteiger partial charge in [-0.05, 0) is 24.5 Å². The molecule has 0 amide bonds. The third-order valence-corrected chi connectivity index (χ3v) is 6.57. The number of hydrogen-bond donors (Lipinski definition) is 0. The summed E-state index contributed by atoms with van der Waals surface area (Å²) in [6.45, 7) is 4.10. The second kappa shape index (κ2) is 8.31. The minimum atomic E-state index is -4.49. The van der Waals surface area contributed by atoms with Gasteiger partial charge in [-0.2, -0.15) is 18.3 Å². The van der Waals surface area contributed by atoms with Crippen LogP contribution in [0.1, 0.15) is 31.0 Å². The van der Waals surface area contributed by atoms with Gasteiger partial charge in [0.05, 0.1) is 12.4 Å². The summed E-state index contributed by atoms with van der Waals surface area (Å²) in [5.41, 5.74) is 1.25. The van der Waals surface area contributed by atoms with E-state index >= 15 is 0 Å². The minimum Gasteiger partial charge on any atom is -0.370 e. The molecule has 0 radical (unpaired) electrons. The van der Waals surface area contributed by atoms with Crippen LogP contribution in [0.5, 0.6) is 0 Å². The van der Waals surface area contributed by atoms with E-state index in [9.17, 15) is 22.0 Å². The quantitative estimate of drug-likeness (QED) is 0.493. The number of fused-ring (bicyclic) bond motifs is 1. The largest absolute Gasteiger partial charge is 0.433 e. The maximum absolute atomic E-state index is 13.2. The summed E-state index contributed by atoms with van der Waals surface area (Å²) in [4.78, 5) is 16.5. The van der Waals surface area contributed by atoms with Gasteiger partial charge in [0.25, 0.3) is 6.43 Å². The maximum Gasteiger partial charge on any atom is 0.433 e. The van der Waals surface area contributed by atoms with Crippen molar-refractivity contribution in [1.29, 1.82) is 0 Å². The van der Waals surface area contributed by atoms with Crippen LogP contribution < -0.4 is 9.80 Å². The van der Waals surface area contributed by atoms with Gasteiger partial charge in [0.2, 0.25) is 0 Å². The van der Waals surface area contributed by atoms with E-state index in [1.807, 2.05) is 11.8 Å². The zero-order valence-corrected chi connectivity index (χ0v) is 18.6. The normalized spacial score (nSPS) is 17.9. The van der Waals surface area contributed by atoms with Gasteiger partial charge in [0.1, 0.15) is 23.6 Å². The van der Waals surface area contributed by atoms with Crippen molar-refractivity contribution in [2.75, 3.05) is 36.0 Å². The molecule has 0 bridgehead atoms. The summed E-state index contributed by atoms with van der Waals surface area (Å²) in [5.74, 6) is 0.591. The van der Waals surface area contributed by atoms with Crippen LogP contribution in [-0.4, -0.2) is 57.3 Å². The predicted octanol–water partition coefficient (Wildman–Crippen LogP) is 4.17. The fraction of sp³-hybridized carbons (Fsp3) is 0.545. The molecule has 2 saturated heterocycles. The predicted molar refractivity (Wildman–Crippen MR) is 116 cm³/mol. The number of alkyl halides is 5. The van der Waals surface area contributed by atoms with Gasteiger partial charge < -0.3 is 9.80 Å². The number of hydrogen-bond acceptors (Lipinski definition) is 6. The highest BCUT2D eigenvalue weighted by molar-refractivity contribution is 5.71. The van der Waals surface area contributed by atoms with Crippen LogP contribution in [0.25, 0.3) is 11.2 Å². The Hall–Kier alpha value is -3.05.